The van der Waals surface area contributed by atoms with Crippen molar-refractivity contribution in [3.63, 3.8) is 0 Å². The van der Waals surface area contributed by atoms with Gasteiger partial charge in [-0.25, -0.2) is 8.42 Å². The third kappa shape index (κ3) is 4.30. The molecule has 1 aromatic heterocycles. The van der Waals surface area contributed by atoms with Gasteiger partial charge in [-0.1, -0.05) is 13.8 Å². The Hall–Kier alpha value is -0.920. The highest BCUT2D eigenvalue weighted by Crippen LogP contribution is 2.23. The van der Waals surface area contributed by atoms with Gasteiger partial charge in [0.05, 0.1) is 23.5 Å². The Balaban J connectivity index is 1.98. The smallest absolute Gasteiger partial charge is 0.224 e. The number of rotatable bonds is 7. The lowest BCUT2D eigenvalue weighted by Crippen LogP contribution is -2.40. The first-order chi connectivity index (χ1) is 10.5. The fraction of sp³-hybridized carbons (Fsp3) is 0.667. The summed E-state index contributed by atoms with van der Waals surface area (Å²) in [5.74, 6) is -0.388. The summed E-state index contributed by atoms with van der Waals surface area (Å²) in [4.78, 5) is 14.5. The number of likely N-dealkylation sites (N-methyl/N-ethyl adjacent to an activating group) is 1. The summed E-state index contributed by atoms with van der Waals surface area (Å²) in [7, 11) is -3.02. The molecule has 124 valence electrons. The van der Waals surface area contributed by atoms with Gasteiger partial charge in [0, 0.05) is 6.54 Å². The second-order valence-electron chi connectivity index (χ2n) is 5.64. The van der Waals surface area contributed by atoms with E-state index in [9.17, 15) is 13.2 Å². The van der Waals surface area contributed by atoms with E-state index in [1.54, 1.807) is 11.3 Å². The summed E-state index contributed by atoms with van der Waals surface area (Å²) in [6.45, 7) is 6.55. The molecule has 0 bridgehead atoms. The van der Waals surface area contributed by atoms with Crippen LogP contribution in [0.4, 0.5) is 0 Å². The highest BCUT2D eigenvalue weighted by Gasteiger charge is 2.33. The van der Waals surface area contributed by atoms with Gasteiger partial charge in [-0.2, -0.15) is 11.3 Å². The Bertz CT molecular complexity index is 580. The van der Waals surface area contributed by atoms with Crippen molar-refractivity contribution < 1.29 is 13.2 Å². The average molecular weight is 345 g/mol. The topological polar surface area (TPSA) is 66.5 Å². The Morgan fingerprint density at radius 1 is 1.45 bits per heavy atom. The van der Waals surface area contributed by atoms with Crippen LogP contribution >= 0.6 is 11.3 Å². The number of hydrogen-bond acceptors (Lipinski definition) is 5. The molecule has 22 heavy (non-hydrogen) atoms. The largest absolute Gasteiger partial charge is 0.354 e. The molecule has 0 aliphatic carbocycles. The highest BCUT2D eigenvalue weighted by molar-refractivity contribution is 7.91. The van der Waals surface area contributed by atoms with Gasteiger partial charge < -0.3 is 5.32 Å². The van der Waals surface area contributed by atoms with Gasteiger partial charge in [0.15, 0.2) is 9.84 Å². The first kappa shape index (κ1) is 17.4. The van der Waals surface area contributed by atoms with Crippen molar-refractivity contribution in [3.8, 4) is 0 Å². The molecule has 1 N–H and O–H groups in total. The van der Waals surface area contributed by atoms with Crippen LogP contribution in [0.1, 0.15) is 31.9 Å². The summed E-state index contributed by atoms with van der Waals surface area (Å²) in [6, 6.07) is 2.23. The molecular formula is C15H24N2O3S2. The lowest BCUT2D eigenvalue weighted by Gasteiger charge is -2.29. The predicted molar refractivity (Wildman–Crippen MR) is 89.8 cm³/mol. The first-order valence-electron chi connectivity index (χ1n) is 7.71. The molecule has 7 heteroatoms. The number of thiophene rings is 1. The van der Waals surface area contributed by atoms with Crippen molar-refractivity contribution >= 4 is 27.1 Å². The Labute approximate surface area is 136 Å². The Morgan fingerprint density at radius 3 is 2.68 bits per heavy atom. The zero-order valence-corrected chi connectivity index (χ0v) is 14.8. The molecule has 1 aliphatic rings. The van der Waals surface area contributed by atoms with Gasteiger partial charge in [-0.3, -0.25) is 9.69 Å². The molecule has 1 aliphatic heterocycles. The summed E-state index contributed by atoms with van der Waals surface area (Å²) in [6.07, 6.45) is 0.447. The Kier molecular flexibility index (Phi) is 6.00. The van der Waals surface area contributed by atoms with E-state index in [-0.39, 0.29) is 29.4 Å². The van der Waals surface area contributed by atoms with Crippen LogP contribution in [0.3, 0.4) is 0 Å². The molecular weight excluding hydrogens is 320 g/mol. The third-order valence-corrected chi connectivity index (χ3v) is 6.72. The van der Waals surface area contributed by atoms with Crippen LogP contribution in [0, 0.1) is 5.92 Å². The zero-order chi connectivity index (χ0) is 16.2. The molecule has 2 rings (SSSR count). The molecule has 0 saturated carbocycles. The van der Waals surface area contributed by atoms with Crippen LogP contribution < -0.4 is 5.32 Å². The van der Waals surface area contributed by atoms with Gasteiger partial charge in [-0.05, 0) is 41.9 Å². The Morgan fingerprint density at radius 2 is 2.18 bits per heavy atom. The van der Waals surface area contributed by atoms with Crippen LogP contribution in [0.25, 0.3) is 0 Å². The fourth-order valence-electron chi connectivity index (χ4n) is 2.93. The van der Waals surface area contributed by atoms with Crippen molar-refractivity contribution in [3.05, 3.63) is 22.4 Å². The van der Waals surface area contributed by atoms with Crippen LogP contribution in [0.15, 0.2) is 16.8 Å². The second kappa shape index (κ2) is 7.57. The van der Waals surface area contributed by atoms with Gasteiger partial charge >= 0.3 is 0 Å². The number of sulfone groups is 1. The number of hydrogen-bond donors (Lipinski definition) is 1. The number of carbonyl (C=O) groups is 1. The predicted octanol–water partition coefficient (Wildman–Crippen LogP) is 1.68. The zero-order valence-electron chi connectivity index (χ0n) is 13.1. The minimum absolute atomic E-state index is 0.00673. The van der Waals surface area contributed by atoms with Crippen LogP contribution in [0.2, 0.25) is 0 Å². The van der Waals surface area contributed by atoms with E-state index in [0.29, 0.717) is 13.0 Å². The van der Waals surface area contributed by atoms with Gasteiger partial charge in [0.25, 0.3) is 0 Å². The fourth-order valence-corrected chi connectivity index (χ4v) is 5.38. The van der Waals surface area contributed by atoms with Gasteiger partial charge in [0.2, 0.25) is 5.91 Å². The van der Waals surface area contributed by atoms with Crippen LogP contribution in [0.5, 0.6) is 0 Å². The van der Waals surface area contributed by atoms with Crippen LogP contribution in [-0.2, 0) is 14.6 Å². The molecule has 2 atom stereocenters. The molecule has 0 spiro atoms. The molecule has 1 amide bonds. The third-order valence-electron chi connectivity index (χ3n) is 4.25. The van der Waals surface area contributed by atoms with Gasteiger partial charge in [-0.15, -0.1) is 0 Å². The molecule has 1 aromatic rings. The van der Waals surface area contributed by atoms with E-state index in [2.05, 4.69) is 35.5 Å². The molecule has 5 nitrogen and oxygen atoms in total. The summed E-state index contributed by atoms with van der Waals surface area (Å²) in [5.41, 5.74) is 1.20. The maximum Gasteiger partial charge on any atom is 0.224 e. The lowest BCUT2D eigenvalue weighted by molar-refractivity contribution is -0.124. The average Bonchev–Trinajstić information content (AvgIpc) is 3.12. The van der Waals surface area contributed by atoms with Crippen molar-refractivity contribution in [2.75, 3.05) is 31.1 Å². The summed E-state index contributed by atoms with van der Waals surface area (Å²) < 4.78 is 23.0. The van der Waals surface area contributed by atoms with Gasteiger partial charge in [0.1, 0.15) is 0 Å². The van der Waals surface area contributed by atoms with Crippen molar-refractivity contribution in [1.29, 1.82) is 0 Å². The summed E-state index contributed by atoms with van der Waals surface area (Å²) >= 11 is 1.65. The first-order valence-corrected chi connectivity index (χ1v) is 10.5. The quantitative estimate of drug-likeness (QED) is 0.817. The monoisotopic (exact) mass is 344 g/mol. The molecule has 0 aromatic carbocycles. The minimum atomic E-state index is -3.02. The molecule has 2 unspecified atom stereocenters. The number of nitrogens with zero attached hydrogens (tertiary/aromatic N) is 1. The number of nitrogens with one attached hydrogen (secondary N) is 1. The maximum absolute atomic E-state index is 12.2. The van der Waals surface area contributed by atoms with E-state index in [1.165, 1.54) is 5.56 Å². The van der Waals surface area contributed by atoms with E-state index in [4.69, 9.17) is 0 Å². The molecule has 1 fully saturated rings. The van der Waals surface area contributed by atoms with Crippen molar-refractivity contribution in [1.82, 2.24) is 10.2 Å². The highest BCUT2D eigenvalue weighted by atomic mass is 32.2. The minimum Gasteiger partial charge on any atom is -0.354 e. The normalized spacial score (nSPS) is 21.9. The van der Waals surface area contributed by atoms with E-state index in [0.717, 1.165) is 13.1 Å². The molecule has 0 radical (unpaired) electrons. The summed E-state index contributed by atoms with van der Waals surface area (Å²) in [5, 5.41) is 7.10. The van der Waals surface area contributed by atoms with E-state index in [1.807, 2.05) is 5.38 Å². The molecule has 2 heterocycles. The van der Waals surface area contributed by atoms with E-state index >= 15 is 0 Å². The number of amides is 1. The van der Waals surface area contributed by atoms with Crippen molar-refractivity contribution in [2.45, 2.75) is 26.3 Å². The molecule has 1 saturated heterocycles. The van der Waals surface area contributed by atoms with Crippen LogP contribution in [-0.4, -0.2) is 50.4 Å². The lowest BCUT2D eigenvalue weighted by atomic mass is 10.1. The number of carbonyl (C=O) groups excluding carboxylic acids is 1. The SMILES string of the molecule is CCN(CC)C(CNC(=O)C1CCS(=O)(=O)C1)c1ccsc1. The van der Waals surface area contributed by atoms with Crippen molar-refractivity contribution in [2.24, 2.45) is 5.92 Å². The second-order valence-corrected chi connectivity index (χ2v) is 8.65. The maximum atomic E-state index is 12.2. The standard InChI is InChI=1S/C15H24N2O3S2/c1-3-17(4-2)14(12-5-7-21-10-12)9-16-15(18)13-6-8-22(19,20)11-13/h5,7,10,13-14H,3-4,6,8-9,11H2,1-2H3,(H,16,18). The van der Waals surface area contributed by atoms with E-state index < -0.39 is 9.84 Å².